The molecular weight excluding hydrogens is 544 g/mol. The van der Waals surface area contributed by atoms with E-state index in [0.717, 1.165) is 0 Å². The normalized spacial score (nSPS) is 16.9. The average molecular weight is 574 g/mol. The van der Waals surface area contributed by atoms with Crippen LogP contribution in [0.5, 0.6) is 17.4 Å². The maximum atomic E-state index is 15.2. The number of aliphatic imine (C=N–C) groups is 1. The molecule has 1 aliphatic rings. The molecule has 0 bridgehead atoms. The van der Waals surface area contributed by atoms with Crippen LogP contribution in [0.15, 0.2) is 83.1 Å². The molecule has 5 rings (SSSR count). The number of aromatic nitrogens is 2. The Morgan fingerprint density at radius 1 is 0.976 bits per heavy atom. The fourth-order valence-electron chi connectivity index (χ4n) is 4.98. The minimum Gasteiger partial charge on any atom is -0.475 e. The number of benzene rings is 2. The van der Waals surface area contributed by atoms with Gasteiger partial charge < -0.3 is 19.3 Å². The van der Waals surface area contributed by atoms with Gasteiger partial charge in [0, 0.05) is 48.8 Å². The highest BCUT2D eigenvalue weighted by Gasteiger charge is 2.35. The second-order valence-corrected chi connectivity index (χ2v) is 9.86. The van der Waals surface area contributed by atoms with Crippen molar-refractivity contribution in [1.82, 2.24) is 9.97 Å². The standard InChI is InChI=1S/C32H29F2N3O5/c1-18-29(21-5-7-22(33)8-6-21)32(39)30(19(2)36-18)25(38)17-20-4-10-26(23(34)16-20)42-27-12-13-35-24-9-11-28(37-31(24)27)41-15-14-40-3/h4-13,16,29,32,39H,14-15,17H2,1-3H3. The molecule has 0 spiro atoms. The minimum absolute atomic E-state index is 0.0594. The highest BCUT2D eigenvalue weighted by atomic mass is 19.1. The van der Waals surface area contributed by atoms with Crippen molar-refractivity contribution in [3.8, 4) is 17.4 Å². The van der Waals surface area contributed by atoms with E-state index in [9.17, 15) is 14.3 Å². The maximum absolute atomic E-state index is 15.2. The third-order valence-electron chi connectivity index (χ3n) is 6.96. The Morgan fingerprint density at radius 2 is 1.76 bits per heavy atom. The summed E-state index contributed by atoms with van der Waals surface area (Å²) in [5.41, 5.74) is 3.13. The van der Waals surface area contributed by atoms with Crippen LogP contribution in [0.2, 0.25) is 0 Å². The molecule has 1 aliphatic heterocycles. The number of aliphatic hydroxyl groups is 1. The second-order valence-electron chi connectivity index (χ2n) is 9.86. The number of ether oxygens (including phenoxy) is 3. The van der Waals surface area contributed by atoms with Crippen LogP contribution in [0.1, 0.15) is 30.9 Å². The van der Waals surface area contributed by atoms with Gasteiger partial charge in [-0.25, -0.2) is 13.8 Å². The molecule has 0 saturated heterocycles. The smallest absolute Gasteiger partial charge is 0.214 e. The summed E-state index contributed by atoms with van der Waals surface area (Å²) < 4.78 is 45.1. The van der Waals surface area contributed by atoms with Gasteiger partial charge in [-0.3, -0.25) is 14.8 Å². The van der Waals surface area contributed by atoms with Crippen molar-refractivity contribution in [2.24, 2.45) is 4.99 Å². The number of ketones is 1. The highest BCUT2D eigenvalue weighted by molar-refractivity contribution is 6.03. The van der Waals surface area contributed by atoms with Crippen LogP contribution in [0.4, 0.5) is 8.78 Å². The molecule has 0 radical (unpaired) electrons. The Balaban J connectivity index is 1.34. The summed E-state index contributed by atoms with van der Waals surface area (Å²) in [6.07, 6.45) is 0.196. The van der Waals surface area contributed by atoms with E-state index >= 15 is 4.39 Å². The van der Waals surface area contributed by atoms with Crippen molar-refractivity contribution in [1.29, 1.82) is 0 Å². The molecule has 8 nitrogen and oxygen atoms in total. The number of fused-ring (bicyclic) bond motifs is 1. The molecule has 42 heavy (non-hydrogen) atoms. The first-order chi connectivity index (χ1) is 20.2. The minimum atomic E-state index is -1.18. The number of methoxy groups -OCH3 is 1. The van der Waals surface area contributed by atoms with Crippen LogP contribution >= 0.6 is 0 Å². The molecule has 2 aromatic carbocycles. The molecule has 1 N–H and O–H groups in total. The zero-order valence-electron chi connectivity index (χ0n) is 23.3. The zero-order valence-corrected chi connectivity index (χ0v) is 23.3. The van der Waals surface area contributed by atoms with Crippen LogP contribution in [0, 0.1) is 11.6 Å². The van der Waals surface area contributed by atoms with Gasteiger partial charge in [0.1, 0.15) is 17.9 Å². The van der Waals surface area contributed by atoms with Gasteiger partial charge in [-0.1, -0.05) is 18.2 Å². The predicted octanol–water partition coefficient (Wildman–Crippen LogP) is 5.73. The van der Waals surface area contributed by atoms with E-state index in [0.29, 0.717) is 52.7 Å². The molecule has 2 unspecified atom stereocenters. The second kappa shape index (κ2) is 12.5. The van der Waals surface area contributed by atoms with E-state index in [1.807, 2.05) is 0 Å². The first-order valence-corrected chi connectivity index (χ1v) is 13.3. The van der Waals surface area contributed by atoms with E-state index in [4.69, 9.17) is 14.2 Å². The number of pyridine rings is 2. The van der Waals surface area contributed by atoms with Crippen molar-refractivity contribution < 1.29 is 32.9 Å². The highest BCUT2D eigenvalue weighted by Crippen LogP contribution is 2.34. The first-order valence-electron chi connectivity index (χ1n) is 13.3. The third kappa shape index (κ3) is 6.19. The van der Waals surface area contributed by atoms with E-state index in [1.165, 1.54) is 30.5 Å². The Kier molecular flexibility index (Phi) is 8.65. The first kappa shape index (κ1) is 29.0. The van der Waals surface area contributed by atoms with Crippen molar-refractivity contribution >= 4 is 22.5 Å². The van der Waals surface area contributed by atoms with E-state index in [-0.39, 0.29) is 29.3 Å². The van der Waals surface area contributed by atoms with Crippen LogP contribution < -0.4 is 9.47 Å². The van der Waals surface area contributed by atoms with Crippen LogP contribution in [-0.2, 0) is 16.0 Å². The Bertz CT molecular complexity index is 1690. The average Bonchev–Trinajstić information content (AvgIpc) is 2.95. The van der Waals surface area contributed by atoms with Crippen molar-refractivity contribution in [2.45, 2.75) is 32.3 Å². The van der Waals surface area contributed by atoms with Gasteiger partial charge in [0.2, 0.25) is 5.88 Å². The van der Waals surface area contributed by atoms with Gasteiger partial charge in [-0.05, 0) is 55.3 Å². The molecule has 4 aromatic rings. The Morgan fingerprint density at radius 3 is 2.50 bits per heavy atom. The number of Topliss-reactive ketones (excluding diaryl/α,β-unsaturated/α-hetero) is 1. The van der Waals surface area contributed by atoms with Gasteiger partial charge in [0.15, 0.2) is 23.1 Å². The SMILES string of the molecule is COCCOc1ccc2nccc(Oc3ccc(CC(=O)C4=C(C)N=C(C)C(c5ccc(F)cc5)C4O)cc3F)c2n1. The van der Waals surface area contributed by atoms with Gasteiger partial charge >= 0.3 is 0 Å². The molecule has 0 amide bonds. The molecule has 0 saturated carbocycles. The fourth-order valence-corrected chi connectivity index (χ4v) is 4.98. The summed E-state index contributed by atoms with van der Waals surface area (Å²) in [5, 5.41) is 11.2. The van der Waals surface area contributed by atoms with Gasteiger partial charge in [0.25, 0.3) is 0 Å². The van der Waals surface area contributed by atoms with E-state index in [2.05, 4.69) is 15.0 Å². The van der Waals surface area contributed by atoms with Crippen molar-refractivity contribution in [3.05, 3.63) is 101 Å². The summed E-state index contributed by atoms with van der Waals surface area (Å²) in [7, 11) is 1.57. The Hall–Kier alpha value is -4.54. The quantitative estimate of drug-likeness (QED) is 0.242. The van der Waals surface area contributed by atoms with Crippen molar-refractivity contribution in [2.75, 3.05) is 20.3 Å². The number of rotatable bonds is 10. The third-order valence-corrected chi connectivity index (χ3v) is 6.96. The lowest BCUT2D eigenvalue weighted by molar-refractivity contribution is -0.116. The number of nitrogens with zero attached hydrogens (tertiary/aromatic N) is 3. The molecule has 216 valence electrons. The number of hydrogen-bond acceptors (Lipinski definition) is 8. The van der Waals surface area contributed by atoms with Gasteiger partial charge in [-0.15, -0.1) is 0 Å². The topological polar surface area (TPSA) is 103 Å². The van der Waals surface area contributed by atoms with E-state index < -0.39 is 23.7 Å². The molecule has 0 aliphatic carbocycles. The number of halogens is 2. The lowest BCUT2D eigenvalue weighted by Crippen LogP contribution is -2.34. The van der Waals surface area contributed by atoms with Crippen LogP contribution in [-0.4, -0.2) is 53.0 Å². The molecule has 2 atom stereocenters. The molecule has 2 aromatic heterocycles. The monoisotopic (exact) mass is 573 g/mol. The number of aliphatic hydroxyl groups excluding tert-OH is 1. The lowest BCUT2D eigenvalue weighted by atomic mass is 9.81. The Labute approximate surface area is 241 Å². The molecule has 0 fully saturated rings. The fraction of sp³-hybridized carbons (Fsp3) is 0.250. The van der Waals surface area contributed by atoms with Crippen LogP contribution in [0.25, 0.3) is 11.0 Å². The summed E-state index contributed by atoms with van der Waals surface area (Å²) in [5.74, 6) is -1.49. The predicted molar refractivity (Wildman–Crippen MR) is 153 cm³/mol. The van der Waals surface area contributed by atoms with E-state index in [1.54, 1.807) is 57.4 Å². The number of allylic oxidation sites excluding steroid dienone is 1. The summed E-state index contributed by atoms with van der Waals surface area (Å²) in [6.45, 7) is 4.12. The molecular formula is C32H29F2N3O5. The lowest BCUT2D eigenvalue weighted by Gasteiger charge is -2.29. The molecule has 3 heterocycles. The number of hydrogen-bond donors (Lipinski definition) is 1. The zero-order chi connectivity index (χ0) is 29.8. The molecule has 10 heteroatoms. The summed E-state index contributed by atoms with van der Waals surface area (Å²) >= 11 is 0. The van der Waals surface area contributed by atoms with Crippen LogP contribution in [0.3, 0.4) is 0 Å². The largest absolute Gasteiger partial charge is 0.475 e. The van der Waals surface area contributed by atoms with Gasteiger partial charge in [-0.2, -0.15) is 0 Å². The summed E-state index contributed by atoms with van der Waals surface area (Å²) in [6, 6.07) is 15.0. The number of carbonyl (C=O) groups excluding carboxylic acids is 1. The summed E-state index contributed by atoms with van der Waals surface area (Å²) in [4.78, 5) is 26.6. The number of carbonyl (C=O) groups is 1. The maximum Gasteiger partial charge on any atom is 0.214 e. The van der Waals surface area contributed by atoms with Gasteiger partial charge in [0.05, 0.1) is 24.1 Å². The van der Waals surface area contributed by atoms with Crippen molar-refractivity contribution in [3.63, 3.8) is 0 Å².